The van der Waals surface area contributed by atoms with Crippen molar-refractivity contribution in [1.82, 2.24) is 0 Å². The third kappa shape index (κ3) is 2.43. The van der Waals surface area contributed by atoms with Crippen LogP contribution in [0.1, 0.15) is 12.5 Å². The van der Waals surface area contributed by atoms with Crippen molar-refractivity contribution in [2.75, 3.05) is 7.11 Å². The van der Waals surface area contributed by atoms with Gasteiger partial charge < -0.3 is 4.74 Å². The molecule has 3 aromatic rings. The van der Waals surface area contributed by atoms with Gasteiger partial charge in [0.15, 0.2) is 11.6 Å². The molecule has 0 N–H and O–H groups in total. The van der Waals surface area contributed by atoms with E-state index >= 15 is 0 Å². The van der Waals surface area contributed by atoms with Gasteiger partial charge in [-0.2, -0.15) is 4.39 Å². The highest BCUT2D eigenvalue weighted by molar-refractivity contribution is 5.89. The van der Waals surface area contributed by atoms with Gasteiger partial charge in [0.25, 0.3) is 0 Å². The maximum absolute atomic E-state index is 14.2. The summed E-state index contributed by atoms with van der Waals surface area (Å²) < 4.78 is 32.9. The summed E-state index contributed by atoms with van der Waals surface area (Å²) in [6.07, 6.45) is 0.970. The average molecular weight is 298 g/mol. The minimum absolute atomic E-state index is 0.0787. The zero-order valence-corrected chi connectivity index (χ0v) is 12.5. The molecule has 112 valence electrons. The Labute approximate surface area is 128 Å². The predicted octanol–water partition coefficient (Wildman–Crippen LogP) is 5.36. The number of hydrogen-bond acceptors (Lipinski definition) is 1. The van der Waals surface area contributed by atoms with E-state index in [1.54, 1.807) is 12.1 Å². The molecule has 0 amide bonds. The maximum atomic E-state index is 14.2. The Morgan fingerprint density at radius 2 is 1.55 bits per heavy atom. The summed E-state index contributed by atoms with van der Waals surface area (Å²) in [5.41, 5.74) is 3.08. The minimum atomic E-state index is -0.950. The normalized spacial score (nSPS) is 10.9. The van der Waals surface area contributed by atoms with Crippen LogP contribution in [0.5, 0.6) is 5.75 Å². The summed E-state index contributed by atoms with van der Waals surface area (Å²) in [6, 6.07) is 15.0. The van der Waals surface area contributed by atoms with Gasteiger partial charge in [0.2, 0.25) is 5.82 Å². The van der Waals surface area contributed by atoms with Crippen LogP contribution >= 0.6 is 0 Å². The minimum Gasteiger partial charge on any atom is -0.494 e. The van der Waals surface area contributed by atoms with Crippen molar-refractivity contribution in [3.05, 3.63) is 65.7 Å². The molecule has 0 atom stereocenters. The van der Waals surface area contributed by atoms with Crippen molar-refractivity contribution >= 4 is 10.8 Å². The Hall–Kier alpha value is -2.42. The van der Waals surface area contributed by atoms with Gasteiger partial charge in [-0.1, -0.05) is 43.3 Å². The van der Waals surface area contributed by atoms with Gasteiger partial charge in [-0.05, 0) is 40.6 Å². The smallest absolute Gasteiger partial charge is 0.201 e. The first kappa shape index (κ1) is 14.5. The van der Waals surface area contributed by atoms with E-state index in [1.807, 2.05) is 30.3 Å². The number of hydrogen-bond donors (Lipinski definition) is 0. The largest absolute Gasteiger partial charge is 0.494 e. The van der Waals surface area contributed by atoms with Crippen molar-refractivity contribution in [2.24, 2.45) is 0 Å². The van der Waals surface area contributed by atoms with Crippen LogP contribution in [-0.2, 0) is 6.42 Å². The molecule has 0 saturated carbocycles. The molecule has 0 radical (unpaired) electrons. The van der Waals surface area contributed by atoms with E-state index in [-0.39, 0.29) is 11.1 Å². The molecule has 0 spiro atoms. The molecule has 0 aromatic heterocycles. The fraction of sp³-hybridized carbons (Fsp3) is 0.158. The Morgan fingerprint density at radius 1 is 0.864 bits per heavy atom. The molecule has 0 aliphatic heterocycles. The molecule has 0 unspecified atom stereocenters. The van der Waals surface area contributed by atoms with E-state index in [4.69, 9.17) is 4.74 Å². The lowest BCUT2D eigenvalue weighted by Gasteiger charge is -2.09. The number of rotatable bonds is 3. The Morgan fingerprint density at radius 3 is 2.18 bits per heavy atom. The fourth-order valence-electron chi connectivity index (χ4n) is 2.56. The highest BCUT2D eigenvalue weighted by Gasteiger charge is 2.14. The lowest BCUT2D eigenvalue weighted by molar-refractivity contribution is 0.374. The van der Waals surface area contributed by atoms with Crippen LogP contribution in [0.25, 0.3) is 21.9 Å². The lowest BCUT2D eigenvalue weighted by atomic mass is 9.99. The molecule has 3 rings (SSSR count). The number of benzene rings is 3. The monoisotopic (exact) mass is 298 g/mol. The summed E-state index contributed by atoms with van der Waals surface area (Å²) in [7, 11) is 1.33. The van der Waals surface area contributed by atoms with Gasteiger partial charge in [0, 0.05) is 5.39 Å². The third-order valence-corrected chi connectivity index (χ3v) is 3.90. The average Bonchev–Trinajstić information content (AvgIpc) is 2.58. The van der Waals surface area contributed by atoms with Gasteiger partial charge in [-0.15, -0.1) is 0 Å². The second-order valence-electron chi connectivity index (χ2n) is 5.19. The summed E-state index contributed by atoms with van der Waals surface area (Å²) in [6.45, 7) is 2.09. The summed E-state index contributed by atoms with van der Waals surface area (Å²) in [4.78, 5) is 0. The number of ether oxygens (including phenoxy) is 1. The molecule has 3 aromatic carbocycles. The lowest BCUT2D eigenvalue weighted by Crippen LogP contribution is -1.94. The second kappa shape index (κ2) is 5.76. The highest BCUT2D eigenvalue weighted by atomic mass is 19.2. The Balaban J connectivity index is 2.14. The number of halogens is 2. The van der Waals surface area contributed by atoms with E-state index in [1.165, 1.54) is 18.7 Å². The number of methoxy groups -OCH3 is 1. The zero-order chi connectivity index (χ0) is 15.7. The van der Waals surface area contributed by atoms with Crippen molar-refractivity contribution in [3.63, 3.8) is 0 Å². The number of aryl methyl sites for hydroxylation is 1. The first-order valence-corrected chi connectivity index (χ1v) is 7.19. The van der Waals surface area contributed by atoms with Gasteiger partial charge in [-0.3, -0.25) is 0 Å². The van der Waals surface area contributed by atoms with E-state index in [0.29, 0.717) is 5.39 Å². The van der Waals surface area contributed by atoms with Crippen molar-refractivity contribution in [3.8, 4) is 16.9 Å². The summed E-state index contributed by atoms with van der Waals surface area (Å²) in [5.74, 6) is -1.90. The summed E-state index contributed by atoms with van der Waals surface area (Å²) in [5, 5.41) is 0.875. The quantitative estimate of drug-likeness (QED) is 0.633. The van der Waals surface area contributed by atoms with Gasteiger partial charge in [0.1, 0.15) is 0 Å². The first-order chi connectivity index (χ1) is 10.6. The molecular formula is C19H16F2O. The molecule has 0 aliphatic carbocycles. The zero-order valence-electron chi connectivity index (χ0n) is 12.5. The van der Waals surface area contributed by atoms with E-state index in [0.717, 1.165) is 17.5 Å². The van der Waals surface area contributed by atoms with Crippen LogP contribution in [0, 0.1) is 11.6 Å². The standard InChI is InChI=1S/C19H16F2O/c1-3-12-4-6-13(7-5-12)14-8-9-15-11-17(22-2)19(21)18(20)16(15)10-14/h4-11H,3H2,1-2H3. The van der Waals surface area contributed by atoms with Crippen LogP contribution in [0.2, 0.25) is 0 Å². The van der Waals surface area contributed by atoms with Crippen LogP contribution in [0.3, 0.4) is 0 Å². The van der Waals surface area contributed by atoms with Crippen molar-refractivity contribution in [1.29, 1.82) is 0 Å². The van der Waals surface area contributed by atoms with Crippen molar-refractivity contribution < 1.29 is 13.5 Å². The molecule has 0 fully saturated rings. The molecule has 0 aliphatic rings. The van der Waals surface area contributed by atoms with Crippen molar-refractivity contribution in [2.45, 2.75) is 13.3 Å². The maximum Gasteiger partial charge on any atom is 0.201 e. The van der Waals surface area contributed by atoms with Crippen LogP contribution < -0.4 is 4.74 Å². The van der Waals surface area contributed by atoms with E-state index in [2.05, 4.69) is 6.92 Å². The second-order valence-corrected chi connectivity index (χ2v) is 5.19. The fourth-order valence-corrected chi connectivity index (χ4v) is 2.56. The van der Waals surface area contributed by atoms with Crippen LogP contribution in [0.15, 0.2) is 48.5 Å². The van der Waals surface area contributed by atoms with E-state index in [9.17, 15) is 8.78 Å². The summed E-state index contributed by atoms with van der Waals surface area (Å²) >= 11 is 0. The highest BCUT2D eigenvalue weighted by Crippen LogP contribution is 2.31. The predicted molar refractivity (Wildman–Crippen MR) is 85.2 cm³/mol. The molecule has 1 nitrogen and oxygen atoms in total. The molecule has 22 heavy (non-hydrogen) atoms. The molecule has 0 saturated heterocycles. The Bertz CT molecular complexity index is 823. The topological polar surface area (TPSA) is 9.23 Å². The van der Waals surface area contributed by atoms with Gasteiger partial charge in [-0.25, -0.2) is 4.39 Å². The van der Waals surface area contributed by atoms with Crippen LogP contribution in [-0.4, -0.2) is 7.11 Å². The molecule has 0 heterocycles. The van der Waals surface area contributed by atoms with E-state index < -0.39 is 11.6 Å². The number of fused-ring (bicyclic) bond motifs is 1. The van der Waals surface area contributed by atoms with Gasteiger partial charge in [0.05, 0.1) is 7.11 Å². The molecule has 3 heteroatoms. The Kier molecular flexibility index (Phi) is 3.80. The first-order valence-electron chi connectivity index (χ1n) is 7.19. The molecular weight excluding hydrogens is 282 g/mol. The van der Waals surface area contributed by atoms with Gasteiger partial charge >= 0.3 is 0 Å². The van der Waals surface area contributed by atoms with Crippen LogP contribution in [0.4, 0.5) is 8.78 Å². The third-order valence-electron chi connectivity index (χ3n) is 3.90. The SMILES string of the molecule is CCc1ccc(-c2ccc3cc(OC)c(F)c(F)c3c2)cc1. The molecule has 0 bridgehead atoms.